The van der Waals surface area contributed by atoms with Crippen LogP contribution < -0.4 is 5.32 Å². The molecule has 1 N–H and O–H groups in total. The molecular formula is C15H17N3O2. The summed E-state index contributed by atoms with van der Waals surface area (Å²) >= 11 is 0. The second-order valence-electron chi connectivity index (χ2n) is 4.98. The molecule has 1 aromatic carbocycles. The SMILES string of the molecule is CN(CCC#N)C(=O)c1cccc(NC(=O)C2CC2)c1. The van der Waals surface area contributed by atoms with Crippen LogP contribution in [0.4, 0.5) is 5.69 Å². The minimum atomic E-state index is -0.150. The number of carbonyl (C=O) groups excluding carboxylic acids is 2. The molecule has 5 nitrogen and oxygen atoms in total. The van der Waals surface area contributed by atoms with E-state index in [9.17, 15) is 9.59 Å². The van der Waals surface area contributed by atoms with Crippen molar-refractivity contribution in [2.24, 2.45) is 5.92 Å². The highest BCUT2D eigenvalue weighted by Crippen LogP contribution is 2.30. The quantitative estimate of drug-likeness (QED) is 0.890. The van der Waals surface area contributed by atoms with E-state index in [1.807, 2.05) is 6.07 Å². The fourth-order valence-electron chi connectivity index (χ4n) is 1.86. The van der Waals surface area contributed by atoms with E-state index in [4.69, 9.17) is 5.26 Å². The molecule has 1 aromatic rings. The Balaban J connectivity index is 2.02. The van der Waals surface area contributed by atoms with Crippen LogP contribution in [0.25, 0.3) is 0 Å². The Hall–Kier alpha value is -2.35. The monoisotopic (exact) mass is 271 g/mol. The molecule has 1 aliphatic rings. The zero-order valence-corrected chi connectivity index (χ0v) is 11.4. The van der Waals surface area contributed by atoms with Gasteiger partial charge in [-0.15, -0.1) is 0 Å². The van der Waals surface area contributed by atoms with Crippen LogP contribution in [0.5, 0.6) is 0 Å². The Labute approximate surface area is 118 Å². The van der Waals surface area contributed by atoms with Crippen LogP contribution in [0.15, 0.2) is 24.3 Å². The lowest BCUT2D eigenvalue weighted by Crippen LogP contribution is -2.27. The summed E-state index contributed by atoms with van der Waals surface area (Å²) in [6, 6.07) is 8.90. The molecule has 20 heavy (non-hydrogen) atoms. The predicted molar refractivity (Wildman–Crippen MR) is 75.0 cm³/mol. The molecule has 0 aliphatic heterocycles. The van der Waals surface area contributed by atoms with E-state index in [-0.39, 0.29) is 17.7 Å². The molecule has 0 heterocycles. The standard InChI is InChI=1S/C15H17N3O2/c1-18(9-3-8-16)15(20)12-4-2-5-13(10-12)17-14(19)11-6-7-11/h2,4-5,10-11H,3,6-7,9H2,1H3,(H,17,19). The first-order valence-electron chi connectivity index (χ1n) is 6.65. The molecule has 2 amide bonds. The molecule has 2 rings (SSSR count). The number of rotatable bonds is 5. The first kappa shape index (κ1) is 14.1. The number of anilines is 1. The van der Waals surface area contributed by atoms with Crippen molar-refractivity contribution in [2.45, 2.75) is 19.3 Å². The molecule has 0 saturated heterocycles. The highest BCUT2D eigenvalue weighted by Gasteiger charge is 2.29. The number of nitrogens with zero attached hydrogens (tertiary/aromatic N) is 2. The van der Waals surface area contributed by atoms with E-state index in [1.165, 1.54) is 4.90 Å². The van der Waals surface area contributed by atoms with Crippen molar-refractivity contribution in [3.05, 3.63) is 29.8 Å². The third-order valence-corrected chi connectivity index (χ3v) is 3.23. The van der Waals surface area contributed by atoms with Crippen LogP contribution in [0.1, 0.15) is 29.6 Å². The molecule has 5 heteroatoms. The Bertz CT molecular complexity index is 558. The maximum Gasteiger partial charge on any atom is 0.253 e. The van der Waals surface area contributed by atoms with Gasteiger partial charge in [0.25, 0.3) is 5.91 Å². The highest BCUT2D eigenvalue weighted by molar-refractivity contribution is 5.98. The van der Waals surface area contributed by atoms with Gasteiger partial charge in [0.15, 0.2) is 0 Å². The molecule has 0 unspecified atom stereocenters. The van der Waals surface area contributed by atoms with Gasteiger partial charge in [-0.25, -0.2) is 0 Å². The Morgan fingerprint density at radius 3 is 2.85 bits per heavy atom. The van der Waals surface area contributed by atoms with Gasteiger partial charge in [-0.1, -0.05) is 6.07 Å². The minimum Gasteiger partial charge on any atom is -0.341 e. The lowest BCUT2D eigenvalue weighted by molar-refractivity contribution is -0.117. The third kappa shape index (κ3) is 3.58. The van der Waals surface area contributed by atoms with E-state index in [0.717, 1.165) is 12.8 Å². The van der Waals surface area contributed by atoms with Crippen molar-refractivity contribution in [2.75, 3.05) is 18.9 Å². The van der Waals surface area contributed by atoms with E-state index >= 15 is 0 Å². The summed E-state index contributed by atoms with van der Waals surface area (Å²) in [7, 11) is 1.66. The van der Waals surface area contributed by atoms with Gasteiger partial charge in [-0.3, -0.25) is 9.59 Å². The van der Waals surface area contributed by atoms with Crippen LogP contribution in [0.3, 0.4) is 0 Å². The fourth-order valence-corrected chi connectivity index (χ4v) is 1.86. The van der Waals surface area contributed by atoms with Gasteiger partial charge in [0.1, 0.15) is 0 Å². The summed E-state index contributed by atoms with van der Waals surface area (Å²) in [6.07, 6.45) is 2.20. The first-order valence-corrected chi connectivity index (χ1v) is 6.65. The topological polar surface area (TPSA) is 73.2 Å². The zero-order valence-electron chi connectivity index (χ0n) is 11.4. The number of benzene rings is 1. The second-order valence-corrected chi connectivity index (χ2v) is 4.98. The molecule has 0 atom stereocenters. The van der Waals surface area contributed by atoms with Crippen LogP contribution >= 0.6 is 0 Å². The number of nitriles is 1. The van der Waals surface area contributed by atoms with E-state index in [1.54, 1.807) is 31.3 Å². The van der Waals surface area contributed by atoms with Crippen LogP contribution in [0, 0.1) is 17.2 Å². The van der Waals surface area contributed by atoms with Gasteiger partial charge < -0.3 is 10.2 Å². The van der Waals surface area contributed by atoms with E-state index in [2.05, 4.69) is 5.32 Å². The molecule has 0 bridgehead atoms. The lowest BCUT2D eigenvalue weighted by Gasteiger charge is -2.16. The van der Waals surface area contributed by atoms with E-state index < -0.39 is 0 Å². The first-order chi connectivity index (χ1) is 9.61. The van der Waals surface area contributed by atoms with Gasteiger partial charge in [-0.2, -0.15) is 5.26 Å². The van der Waals surface area contributed by atoms with Crippen molar-refractivity contribution in [3.8, 4) is 6.07 Å². The third-order valence-electron chi connectivity index (χ3n) is 3.23. The molecule has 0 spiro atoms. The molecular weight excluding hydrogens is 254 g/mol. The average molecular weight is 271 g/mol. The predicted octanol–water partition coefficient (Wildman–Crippen LogP) is 2.02. The lowest BCUT2D eigenvalue weighted by atomic mass is 10.1. The summed E-state index contributed by atoms with van der Waals surface area (Å²) in [5.74, 6) is 0.00265. The average Bonchev–Trinajstić information content (AvgIpc) is 3.28. The van der Waals surface area contributed by atoms with Gasteiger partial charge in [0, 0.05) is 30.8 Å². The van der Waals surface area contributed by atoms with Gasteiger partial charge in [0.2, 0.25) is 5.91 Å². The van der Waals surface area contributed by atoms with Crippen molar-refractivity contribution in [3.63, 3.8) is 0 Å². The van der Waals surface area contributed by atoms with Gasteiger partial charge in [0.05, 0.1) is 12.5 Å². The zero-order chi connectivity index (χ0) is 14.5. The maximum atomic E-state index is 12.1. The summed E-state index contributed by atoms with van der Waals surface area (Å²) < 4.78 is 0. The number of amides is 2. The normalized spacial score (nSPS) is 13.4. The smallest absolute Gasteiger partial charge is 0.253 e. The van der Waals surface area contributed by atoms with Crippen molar-refractivity contribution in [1.82, 2.24) is 4.90 Å². The molecule has 1 saturated carbocycles. The minimum absolute atomic E-state index is 0.0208. The molecule has 1 aliphatic carbocycles. The van der Waals surface area contributed by atoms with Crippen molar-refractivity contribution < 1.29 is 9.59 Å². The largest absolute Gasteiger partial charge is 0.341 e. The fraction of sp³-hybridized carbons (Fsp3) is 0.400. The van der Waals surface area contributed by atoms with Crippen LogP contribution in [0.2, 0.25) is 0 Å². The Kier molecular flexibility index (Phi) is 4.36. The van der Waals surface area contributed by atoms with Crippen LogP contribution in [-0.4, -0.2) is 30.3 Å². The van der Waals surface area contributed by atoms with Crippen molar-refractivity contribution >= 4 is 17.5 Å². The summed E-state index contributed by atoms with van der Waals surface area (Å²) in [5.41, 5.74) is 1.15. The molecule has 0 aromatic heterocycles. The van der Waals surface area contributed by atoms with Gasteiger partial charge >= 0.3 is 0 Å². The highest BCUT2D eigenvalue weighted by atomic mass is 16.2. The number of hydrogen-bond acceptors (Lipinski definition) is 3. The molecule has 104 valence electrons. The maximum absolute atomic E-state index is 12.1. The Morgan fingerprint density at radius 2 is 2.20 bits per heavy atom. The summed E-state index contributed by atoms with van der Waals surface area (Å²) in [4.78, 5) is 25.3. The second kappa shape index (κ2) is 6.20. The molecule has 1 fully saturated rings. The summed E-state index contributed by atoms with van der Waals surface area (Å²) in [6.45, 7) is 0.397. The Morgan fingerprint density at radius 1 is 1.45 bits per heavy atom. The van der Waals surface area contributed by atoms with E-state index in [0.29, 0.717) is 24.2 Å². The number of nitrogens with one attached hydrogen (secondary N) is 1. The van der Waals surface area contributed by atoms with Gasteiger partial charge in [-0.05, 0) is 31.0 Å². The number of hydrogen-bond donors (Lipinski definition) is 1. The van der Waals surface area contributed by atoms with Crippen molar-refractivity contribution in [1.29, 1.82) is 5.26 Å². The summed E-state index contributed by atoms with van der Waals surface area (Å²) in [5, 5.41) is 11.4. The molecule has 0 radical (unpaired) electrons. The van der Waals surface area contributed by atoms with Crippen LogP contribution in [-0.2, 0) is 4.79 Å². The number of carbonyl (C=O) groups is 2.